The van der Waals surface area contributed by atoms with Crippen LogP contribution in [0.4, 0.5) is 0 Å². The van der Waals surface area contributed by atoms with Crippen molar-refractivity contribution >= 4 is 5.71 Å². The monoisotopic (exact) mass is 249 g/mol. The summed E-state index contributed by atoms with van der Waals surface area (Å²) in [5.74, 6) is 0.381. The third kappa shape index (κ3) is 3.49. The Morgan fingerprint density at radius 3 is 2.61 bits per heavy atom. The zero-order valence-corrected chi connectivity index (χ0v) is 11.5. The Labute approximate surface area is 109 Å². The number of hydrogen-bond acceptors (Lipinski definition) is 3. The van der Waals surface area contributed by atoms with E-state index in [1.165, 1.54) is 0 Å². The molecule has 3 nitrogen and oxygen atoms in total. The number of aryl methyl sites for hydroxylation is 1. The average Bonchev–Trinajstić information content (AvgIpc) is 2.38. The predicted octanol–water partition coefficient (Wildman–Crippen LogP) is 4.10. The fourth-order valence-electron chi connectivity index (χ4n) is 2.20. The highest BCUT2D eigenvalue weighted by Crippen LogP contribution is 2.26. The van der Waals surface area contributed by atoms with E-state index in [9.17, 15) is 10.3 Å². The molecule has 0 spiro atoms. The van der Waals surface area contributed by atoms with Crippen LogP contribution in [0.2, 0.25) is 0 Å². The van der Waals surface area contributed by atoms with E-state index in [1.807, 2.05) is 19.1 Å². The second kappa shape index (κ2) is 7.04. The molecule has 2 N–H and O–H groups in total. The van der Waals surface area contributed by atoms with Crippen LogP contribution in [0, 0.1) is 12.8 Å². The highest BCUT2D eigenvalue weighted by atomic mass is 16.4. The van der Waals surface area contributed by atoms with E-state index in [4.69, 9.17) is 0 Å². The summed E-state index contributed by atoms with van der Waals surface area (Å²) in [6, 6.07) is 5.38. The van der Waals surface area contributed by atoms with Crippen LogP contribution in [0.15, 0.2) is 23.4 Å². The number of hydrogen-bond donors (Lipinski definition) is 2. The summed E-state index contributed by atoms with van der Waals surface area (Å²) in [5.41, 5.74) is 2.31. The number of rotatable bonds is 6. The van der Waals surface area contributed by atoms with Gasteiger partial charge in [0, 0.05) is 11.5 Å². The molecular formula is C15H23NO2. The molecule has 100 valence electrons. The van der Waals surface area contributed by atoms with E-state index >= 15 is 0 Å². The zero-order chi connectivity index (χ0) is 13.5. The van der Waals surface area contributed by atoms with Crippen LogP contribution in [0.25, 0.3) is 0 Å². The standard InChI is InChI=1S/C15H23NO2/c1-4-6-7-12(5-2)15(16-18)13-10-11(3)8-9-14(13)17/h8-10,12,17-18H,4-7H2,1-3H3. The molecule has 1 unspecified atom stereocenters. The van der Waals surface area contributed by atoms with Crippen LogP contribution in [0.5, 0.6) is 5.75 Å². The van der Waals surface area contributed by atoms with Crippen molar-refractivity contribution in [2.24, 2.45) is 11.1 Å². The second-order valence-corrected chi connectivity index (χ2v) is 4.75. The molecule has 1 rings (SSSR count). The first-order chi connectivity index (χ1) is 8.63. The lowest BCUT2D eigenvalue weighted by atomic mass is 9.89. The van der Waals surface area contributed by atoms with Gasteiger partial charge in [-0.15, -0.1) is 0 Å². The van der Waals surface area contributed by atoms with Crippen molar-refractivity contribution in [3.63, 3.8) is 0 Å². The predicted molar refractivity (Wildman–Crippen MR) is 74.5 cm³/mol. The summed E-state index contributed by atoms with van der Waals surface area (Å²) in [6.45, 7) is 6.19. The maximum absolute atomic E-state index is 9.91. The number of oxime groups is 1. The largest absolute Gasteiger partial charge is 0.507 e. The minimum atomic E-state index is 0.184. The Kier molecular flexibility index (Phi) is 5.69. The maximum Gasteiger partial charge on any atom is 0.124 e. The lowest BCUT2D eigenvalue weighted by molar-refractivity contribution is 0.313. The van der Waals surface area contributed by atoms with Gasteiger partial charge in [0.25, 0.3) is 0 Å². The Hall–Kier alpha value is -1.51. The zero-order valence-electron chi connectivity index (χ0n) is 11.5. The fourth-order valence-corrected chi connectivity index (χ4v) is 2.20. The molecule has 0 saturated carbocycles. The molecule has 0 aliphatic rings. The maximum atomic E-state index is 9.91. The molecule has 0 amide bonds. The third-order valence-corrected chi connectivity index (χ3v) is 3.32. The molecule has 0 fully saturated rings. The van der Waals surface area contributed by atoms with Crippen LogP contribution in [0.3, 0.4) is 0 Å². The SMILES string of the molecule is CCCCC(CC)C(=NO)c1cc(C)ccc1O. The number of aromatic hydroxyl groups is 1. The highest BCUT2D eigenvalue weighted by molar-refractivity contribution is 6.04. The number of unbranched alkanes of at least 4 members (excludes halogenated alkanes) is 1. The lowest BCUT2D eigenvalue weighted by Gasteiger charge is -2.17. The quantitative estimate of drug-likeness (QED) is 0.453. The van der Waals surface area contributed by atoms with Gasteiger partial charge in [-0.05, 0) is 31.9 Å². The molecule has 0 heterocycles. The van der Waals surface area contributed by atoms with Gasteiger partial charge in [-0.2, -0.15) is 0 Å². The van der Waals surface area contributed by atoms with Gasteiger partial charge in [0.2, 0.25) is 0 Å². The Bertz CT molecular complexity index is 413. The summed E-state index contributed by atoms with van der Waals surface area (Å²) in [7, 11) is 0. The molecule has 1 atom stereocenters. The van der Waals surface area contributed by atoms with Crippen molar-refractivity contribution in [3.8, 4) is 5.75 Å². The Morgan fingerprint density at radius 1 is 1.33 bits per heavy atom. The van der Waals surface area contributed by atoms with E-state index in [2.05, 4.69) is 19.0 Å². The van der Waals surface area contributed by atoms with Crippen LogP contribution in [-0.2, 0) is 0 Å². The number of benzene rings is 1. The Morgan fingerprint density at radius 2 is 2.06 bits per heavy atom. The summed E-state index contributed by atoms with van der Waals surface area (Å²) >= 11 is 0. The molecule has 1 aromatic rings. The minimum Gasteiger partial charge on any atom is -0.507 e. The molecule has 0 aliphatic carbocycles. The van der Waals surface area contributed by atoms with E-state index in [-0.39, 0.29) is 11.7 Å². The van der Waals surface area contributed by atoms with Gasteiger partial charge in [-0.3, -0.25) is 0 Å². The van der Waals surface area contributed by atoms with E-state index in [0.717, 1.165) is 31.2 Å². The average molecular weight is 249 g/mol. The molecule has 0 bridgehead atoms. The third-order valence-electron chi connectivity index (χ3n) is 3.32. The Balaban J connectivity index is 3.04. The first kappa shape index (κ1) is 14.6. The summed E-state index contributed by atoms with van der Waals surface area (Å²) in [5, 5.41) is 22.6. The van der Waals surface area contributed by atoms with Crippen LogP contribution < -0.4 is 0 Å². The summed E-state index contributed by atoms with van der Waals surface area (Å²) in [4.78, 5) is 0. The van der Waals surface area contributed by atoms with Crippen molar-refractivity contribution < 1.29 is 10.3 Å². The molecule has 0 aliphatic heterocycles. The molecule has 0 saturated heterocycles. The first-order valence-corrected chi connectivity index (χ1v) is 6.65. The van der Waals surface area contributed by atoms with Crippen molar-refractivity contribution in [3.05, 3.63) is 29.3 Å². The van der Waals surface area contributed by atoms with Crippen molar-refractivity contribution in [2.45, 2.75) is 46.5 Å². The van der Waals surface area contributed by atoms with Crippen LogP contribution in [-0.4, -0.2) is 16.0 Å². The van der Waals surface area contributed by atoms with Crippen LogP contribution in [0.1, 0.15) is 50.7 Å². The molecule has 0 radical (unpaired) electrons. The van der Waals surface area contributed by atoms with Gasteiger partial charge in [-0.25, -0.2) is 0 Å². The number of nitrogens with zero attached hydrogens (tertiary/aromatic N) is 1. The van der Waals surface area contributed by atoms with Gasteiger partial charge in [0.05, 0.1) is 5.71 Å². The lowest BCUT2D eigenvalue weighted by Crippen LogP contribution is -2.16. The number of phenols is 1. The minimum absolute atomic E-state index is 0.184. The topological polar surface area (TPSA) is 52.8 Å². The van der Waals surface area contributed by atoms with E-state index in [0.29, 0.717) is 11.3 Å². The number of phenolic OH excluding ortho intramolecular Hbond substituents is 1. The van der Waals surface area contributed by atoms with Crippen molar-refractivity contribution in [2.75, 3.05) is 0 Å². The first-order valence-electron chi connectivity index (χ1n) is 6.65. The molecule has 18 heavy (non-hydrogen) atoms. The van der Waals surface area contributed by atoms with Crippen molar-refractivity contribution in [1.82, 2.24) is 0 Å². The van der Waals surface area contributed by atoms with Gasteiger partial charge in [0.1, 0.15) is 5.75 Å². The smallest absolute Gasteiger partial charge is 0.124 e. The summed E-state index contributed by atoms with van der Waals surface area (Å²) in [6.07, 6.45) is 4.12. The van der Waals surface area contributed by atoms with Gasteiger partial charge < -0.3 is 10.3 Å². The van der Waals surface area contributed by atoms with Gasteiger partial charge in [0.15, 0.2) is 0 Å². The van der Waals surface area contributed by atoms with E-state index < -0.39 is 0 Å². The summed E-state index contributed by atoms with van der Waals surface area (Å²) < 4.78 is 0. The molecule has 1 aromatic carbocycles. The van der Waals surface area contributed by atoms with Gasteiger partial charge in [-0.1, -0.05) is 43.5 Å². The van der Waals surface area contributed by atoms with E-state index in [1.54, 1.807) is 6.07 Å². The van der Waals surface area contributed by atoms with Gasteiger partial charge >= 0.3 is 0 Å². The second-order valence-electron chi connectivity index (χ2n) is 4.75. The molecular weight excluding hydrogens is 226 g/mol. The molecule has 3 heteroatoms. The highest BCUT2D eigenvalue weighted by Gasteiger charge is 2.19. The van der Waals surface area contributed by atoms with Crippen molar-refractivity contribution in [1.29, 1.82) is 0 Å². The van der Waals surface area contributed by atoms with Crippen LogP contribution >= 0.6 is 0 Å². The normalized spacial score (nSPS) is 13.6. The molecule has 0 aromatic heterocycles. The fraction of sp³-hybridized carbons (Fsp3) is 0.533.